The molecule has 0 amide bonds. The highest BCUT2D eigenvalue weighted by molar-refractivity contribution is 5.27. The molecule has 0 unspecified atom stereocenters. The third-order valence-corrected chi connectivity index (χ3v) is 1.03. The van der Waals surface area contributed by atoms with Crippen LogP contribution in [-0.2, 0) is 0 Å². The molecule has 44 valence electrons. The standard InChI is InChI=1S/C5H9N3/c6-4-1-2-8-3-5(4)7/h1,3,8H,2,6-7H2. The quantitative estimate of drug-likeness (QED) is 0.384. The van der Waals surface area contributed by atoms with Crippen molar-refractivity contribution in [3.05, 3.63) is 23.7 Å². The van der Waals surface area contributed by atoms with Crippen LogP contribution in [0.3, 0.4) is 0 Å². The fraction of sp³-hybridized carbons (Fsp3) is 0.200. The molecule has 1 rings (SSSR count). The Morgan fingerprint density at radius 1 is 1.38 bits per heavy atom. The lowest BCUT2D eigenvalue weighted by Crippen LogP contribution is -2.20. The molecule has 3 nitrogen and oxygen atoms in total. The van der Waals surface area contributed by atoms with Gasteiger partial charge in [-0.05, 0) is 6.08 Å². The van der Waals surface area contributed by atoms with Crippen molar-refractivity contribution >= 4 is 0 Å². The maximum Gasteiger partial charge on any atom is 0.0704 e. The molecule has 0 aliphatic carbocycles. The summed E-state index contributed by atoms with van der Waals surface area (Å²) >= 11 is 0. The second-order valence-corrected chi connectivity index (χ2v) is 1.67. The monoisotopic (exact) mass is 111 g/mol. The zero-order chi connectivity index (χ0) is 5.98. The minimum atomic E-state index is 0.622. The Kier molecular flexibility index (Phi) is 1.12. The molecule has 0 aromatic rings. The Hall–Kier alpha value is -1.12. The lowest BCUT2D eigenvalue weighted by atomic mass is 10.3. The molecule has 0 spiro atoms. The number of dihydropyridines is 1. The van der Waals surface area contributed by atoms with Gasteiger partial charge in [-0.15, -0.1) is 0 Å². The van der Waals surface area contributed by atoms with Crippen LogP contribution in [0.4, 0.5) is 0 Å². The first-order valence-electron chi connectivity index (χ1n) is 2.46. The average molecular weight is 111 g/mol. The summed E-state index contributed by atoms with van der Waals surface area (Å²) in [6, 6.07) is 0. The van der Waals surface area contributed by atoms with Crippen molar-refractivity contribution in [3.63, 3.8) is 0 Å². The first-order valence-corrected chi connectivity index (χ1v) is 2.46. The summed E-state index contributed by atoms with van der Waals surface area (Å²) in [5.74, 6) is 0. The van der Waals surface area contributed by atoms with E-state index < -0.39 is 0 Å². The van der Waals surface area contributed by atoms with Crippen LogP contribution >= 0.6 is 0 Å². The van der Waals surface area contributed by atoms with E-state index in [-0.39, 0.29) is 0 Å². The van der Waals surface area contributed by atoms with Crippen molar-refractivity contribution in [3.8, 4) is 0 Å². The SMILES string of the molecule is NC1=CCNC=C1N. The summed E-state index contributed by atoms with van der Waals surface area (Å²) in [5.41, 5.74) is 12.1. The van der Waals surface area contributed by atoms with Gasteiger partial charge in [0.1, 0.15) is 0 Å². The molecule has 1 aliphatic heterocycles. The van der Waals surface area contributed by atoms with Crippen molar-refractivity contribution in [2.75, 3.05) is 6.54 Å². The van der Waals surface area contributed by atoms with Crippen LogP contribution in [0.25, 0.3) is 0 Å². The van der Waals surface area contributed by atoms with Gasteiger partial charge in [0.15, 0.2) is 0 Å². The molecule has 0 aromatic carbocycles. The van der Waals surface area contributed by atoms with E-state index >= 15 is 0 Å². The van der Waals surface area contributed by atoms with Crippen LogP contribution in [0.15, 0.2) is 23.7 Å². The van der Waals surface area contributed by atoms with Crippen molar-refractivity contribution in [1.29, 1.82) is 0 Å². The molecule has 1 heterocycles. The largest absolute Gasteiger partial charge is 0.397 e. The van der Waals surface area contributed by atoms with E-state index in [1.807, 2.05) is 6.08 Å². The van der Waals surface area contributed by atoms with E-state index in [2.05, 4.69) is 5.32 Å². The van der Waals surface area contributed by atoms with Gasteiger partial charge in [0.25, 0.3) is 0 Å². The fourth-order valence-electron chi connectivity index (χ4n) is 0.539. The van der Waals surface area contributed by atoms with E-state index in [4.69, 9.17) is 11.5 Å². The fourth-order valence-corrected chi connectivity index (χ4v) is 0.539. The molecule has 0 saturated heterocycles. The van der Waals surface area contributed by atoms with Gasteiger partial charge in [0.05, 0.1) is 11.4 Å². The molecule has 0 aromatic heterocycles. The first kappa shape index (κ1) is 5.03. The van der Waals surface area contributed by atoms with Gasteiger partial charge < -0.3 is 16.8 Å². The number of hydrogen-bond donors (Lipinski definition) is 3. The van der Waals surface area contributed by atoms with Crippen LogP contribution < -0.4 is 16.8 Å². The van der Waals surface area contributed by atoms with Gasteiger partial charge in [-0.2, -0.15) is 0 Å². The average Bonchev–Trinajstić information content (AvgIpc) is 1.77. The summed E-state index contributed by atoms with van der Waals surface area (Å²) in [6.07, 6.45) is 3.55. The lowest BCUT2D eigenvalue weighted by molar-refractivity contribution is 0.924. The molecule has 0 bridgehead atoms. The Morgan fingerprint density at radius 2 is 2.12 bits per heavy atom. The second kappa shape index (κ2) is 1.78. The Bertz CT molecular complexity index is 128. The van der Waals surface area contributed by atoms with Crippen LogP contribution in [-0.4, -0.2) is 6.54 Å². The van der Waals surface area contributed by atoms with Gasteiger partial charge in [0, 0.05) is 12.7 Å². The third kappa shape index (κ3) is 0.753. The zero-order valence-corrected chi connectivity index (χ0v) is 4.52. The normalized spacial score (nSPS) is 18.5. The van der Waals surface area contributed by atoms with Crippen molar-refractivity contribution in [1.82, 2.24) is 5.32 Å². The summed E-state index contributed by atoms with van der Waals surface area (Å²) in [7, 11) is 0. The maximum atomic E-state index is 5.41. The molecule has 0 fully saturated rings. The van der Waals surface area contributed by atoms with Crippen molar-refractivity contribution in [2.24, 2.45) is 11.5 Å². The summed E-state index contributed by atoms with van der Waals surface area (Å²) in [6.45, 7) is 0.784. The first-order chi connectivity index (χ1) is 3.80. The highest BCUT2D eigenvalue weighted by Gasteiger charge is 1.96. The lowest BCUT2D eigenvalue weighted by Gasteiger charge is -2.07. The van der Waals surface area contributed by atoms with E-state index in [1.54, 1.807) is 6.20 Å². The molecular weight excluding hydrogens is 102 g/mol. The number of rotatable bonds is 0. The molecule has 0 radical (unpaired) electrons. The predicted octanol–water partition coefficient (Wildman–Crippen LogP) is -0.768. The number of nitrogens with one attached hydrogen (secondary N) is 1. The number of nitrogens with two attached hydrogens (primary N) is 2. The van der Waals surface area contributed by atoms with Gasteiger partial charge in [0.2, 0.25) is 0 Å². The Labute approximate surface area is 48.0 Å². The maximum absolute atomic E-state index is 5.41. The van der Waals surface area contributed by atoms with E-state index in [1.165, 1.54) is 0 Å². The molecule has 0 atom stereocenters. The molecule has 1 aliphatic rings. The van der Waals surface area contributed by atoms with Gasteiger partial charge in [-0.1, -0.05) is 0 Å². The van der Waals surface area contributed by atoms with Crippen LogP contribution in [0, 0.1) is 0 Å². The smallest absolute Gasteiger partial charge is 0.0704 e. The van der Waals surface area contributed by atoms with Crippen LogP contribution in [0.1, 0.15) is 0 Å². The minimum absolute atomic E-state index is 0.622. The summed E-state index contributed by atoms with van der Waals surface area (Å²) in [5, 5.41) is 2.92. The van der Waals surface area contributed by atoms with E-state index in [0.29, 0.717) is 11.4 Å². The third-order valence-electron chi connectivity index (χ3n) is 1.03. The highest BCUT2D eigenvalue weighted by atomic mass is 14.9. The van der Waals surface area contributed by atoms with E-state index in [0.717, 1.165) is 6.54 Å². The Balaban J connectivity index is 2.73. The molecule has 8 heavy (non-hydrogen) atoms. The van der Waals surface area contributed by atoms with Gasteiger partial charge >= 0.3 is 0 Å². The van der Waals surface area contributed by atoms with Crippen LogP contribution in [0.5, 0.6) is 0 Å². The van der Waals surface area contributed by atoms with Gasteiger partial charge in [-0.3, -0.25) is 0 Å². The predicted molar refractivity (Wildman–Crippen MR) is 32.5 cm³/mol. The van der Waals surface area contributed by atoms with Gasteiger partial charge in [-0.25, -0.2) is 0 Å². The molecular formula is C5H9N3. The number of hydrogen-bond acceptors (Lipinski definition) is 3. The molecule has 0 saturated carbocycles. The minimum Gasteiger partial charge on any atom is -0.397 e. The molecule has 5 N–H and O–H groups in total. The second-order valence-electron chi connectivity index (χ2n) is 1.67. The Morgan fingerprint density at radius 3 is 2.50 bits per heavy atom. The van der Waals surface area contributed by atoms with Crippen molar-refractivity contribution in [2.45, 2.75) is 0 Å². The van der Waals surface area contributed by atoms with Crippen LogP contribution in [0.2, 0.25) is 0 Å². The highest BCUT2D eigenvalue weighted by Crippen LogP contribution is 1.96. The summed E-state index contributed by atoms with van der Waals surface area (Å²) < 4.78 is 0. The molecule has 3 heteroatoms. The van der Waals surface area contributed by atoms with E-state index in [9.17, 15) is 0 Å². The zero-order valence-electron chi connectivity index (χ0n) is 4.52. The summed E-state index contributed by atoms with van der Waals surface area (Å²) in [4.78, 5) is 0. The topological polar surface area (TPSA) is 64.1 Å². The van der Waals surface area contributed by atoms with Crippen molar-refractivity contribution < 1.29 is 0 Å².